The molecule has 4 nitrogen and oxygen atoms in total. The zero-order chi connectivity index (χ0) is 13.7. The van der Waals surface area contributed by atoms with Crippen molar-refractivity contribution in [3.63, 3.8) is 0 Å². The Bertz CT molecular complexity index is 291. The van der Waals surface area contributed by atoms with Gasteiger partial charge in [-0.3, -0.25) is 9.69 Å². The average molecular weight is 267 g/mol. The highest BCUT2D eigenvalue weighted by atomic mass is 16.1. The Labute approximate surface area is 117 Å². The monoisotopic (exact) mass is 267 g/mol. The van der Waals surface area contributed by atoms with Crippen molar-refractivity contribution in [2.24, 2.45) is 11.8 Å². The smallest absolute Gasteiger partial charge is 0.216 e. The molecule has 2 N–H and O–H groups in total. The molecule has 0 bridgehead atoms. The first kappa shape index (κ1) is 14.8. The summed E-state index contributed by atoms with van der Waals surface area (Å²) in [6.07, 6.45) is 5.56. The van der Waals surface area contributed by atoms with Crippen molar-refractivity contribution >= 4 is 5.91 Å². The first-order chi connectivity index (χ1) is 9.13. The molecule has 1 aliphatic heterocycles. The van der Waals surface area contributed by atoms with E-state index in [1.54, 1.807) is 6.92 Å². The first-order valence-corrected chi connectivity index (χ1v) is 7.83. The Morgan fingerprint density at radius 2 is 2.11 bits per heavy atom. The van der Waals surface area contributed by atoms with E-state index in [4.69, 9.17) is 0 Å². The van der Waals surface area contributed by atoms with E-state index >= 15 is 0 Å². The normalized spacial score (nSPS) is 28.9. The van der Waals surface area contributed by atoms with Crippen LogP contribution in [0, 0.1) is 11.8 Å². The molecule has 110 valence electrons. The van der Waals surface area contributed by atoms with Crippen LogP contribution in [-0.4, -0.2) is 49.6 Å². The van der Waals surface area contributed by atoms with Gasteiger partial charge in [-0.1, -0.05) is 13.3 Å². The van der Waals surface area contributed by atoms with Gasteiger partial charge in [-0.15, -0.1) is 0 Å². The van der Waals surface area contributed by atoms with Gasteiger partial charge >= 0.3 is 0 Å². The maximum absolute atomic E-state index is 10.9. The summed E-state index contributed by atoms with van der Waals surface area (Å²) in [4.78, 5) is 13.4. The van der Waals surface area contributed by atoms with Crippen molar-refractivity contribution in [2.45, 2.75) is 45.6 Å². The minimum atomic E-state index is 0.0738. The van der Waals surface area contributed by atoms with Gasteiger partial charge in [0.25, 0.3) is 0 Å². The molecule has 4 heteroatoms. The van der Waals surface area contributed by atoms with Gasteiger partial charge in [0.15, 0.2) is 0 Å². The standard InChI is InChI=1S/C15H29N3O/c1-12-8-15(17-9-14-4-3-5-14)11-18(10-12)7-6-16-13(2)19/h12,14-15,17H,3-11H2,1-2H3,(H,16,19). The predicted octanol–water partition coefficient (Wildman–Crippen LogP) is 1.22. The van der Waals surface area contributed by atoms with E-state index in [0.717, 1.165) is 31.5 Å². The Morgan fingerprint density at radius 3 is 2.74 bits per heavy atom. The van der Waals surface area contributed by atoms with Crippen LogP contribution in [0.15, 0.2) is 0 Å². The number of nitrogens with one attached hydrogen (secondary N) is 2. The lowest BCUT2D eigenvalue weighted by Crippen LogP contribution is -2.51. The lowest BCUT2D eigenvalue weighted by atomic mass is 9.85. The summed E-state index contributed by atoms with van der Waals surface area (Å²) in [6, 6.07) is 0.640. The third-order valence-corrected chi connectivity index (χ3v) is 4.46. The Kier molecular flexibility index (Phi) is 5.64. The summed E-state index contributed by atoms with van der Waals surface area (Å²) in [5.74, 6) is 1.76. The van der Waals surface area contributed by atoms with Crippen LogP contribution in [0.5, 0.6) is 0 Å². The number of hydrogen-bond acceptors (Lipinski definition) is 3. The van der Waals surface area contributed by atoms with Crippen LogP contribution in [0.1, 0.15) is 39.5 Å². The fraction of sp³-hybridized carbons (Fsp3) is 0.933. The highest BCUT2D eigenvalue weighted by molar-refractivity contribution is 5.72. The Balaban J connectivity index is 1.67. The van der Waals surface area contributed by atoms with Gasteiger partial charge in [0, 0.05) is 39.1 Å². The summed E-state index contributed by atoms with van der Waals surface area (Å²) >= 11 is 0. The van der Waals surface area contributed by atoms with Crippen molar-refractivity contribution in [3.8, 4) is 0 Å². The zero-order valence-electron chi connectivity index (χ0n) is 12.5. The van der Waals surface area contributed by atoms with E-state index < -0.39 is 0 Å². The number of hydrogen-bond donors (Lipinski definition) is 2. The molecule has 0 radical (unpaired) electrons. The molecule has 0 aromatic heterocycles. The van der Waals surface area contributed by atoms with E-state index in [0.29, 0.717) is 6.04 Å². The summed E-state index contributed by atoms with van der Waals surface area (Å²) < 4.78 is 0. The Morgan fingerprint density at radius 1 is 1.32 bits per heavy atom. The molecule has 1 heterocycles. The largest absolute Gasteiger partial charge is 0.355 e. The quantitative estimate of drug-likeness (QED) is 0.760. The van der Waals surface area contributed by atoms with Gasteiger partial charge in [0.2, 0.25) is 5.91 Å². The molecule has 2 rings (SSSR count). The molecule has 2 atom stereocenters. The second kappa shape index (κ2) is 7.25. The van der Waals surface area contributed by atoms with Gasteiger partial charge in [-0.2, -0.15) is 0 Å². The molecule has 0 aromatic carbocycles. The summed E-state index contributed by atoms with van der Waals surface area (Å²) in [5, 5.41) is 6.64. The minimum absolute atomic E-state index is 0.0738. The minimum Gasteiger partial charge on any atom is -0.355 e. The molecular weight excluding hydrogens is 238 g/mol. The second-order valence-corrected chi connectivity index (χ2v) is 6.49. The average Bonchev–Trinajstić information content (AvgIpc) is 2.25. The van der Waals surface area contributed by atoms with Gasteiger partial charge in [0.05, 0.1) is 0 Å². The molecule has 2 aliphatic rings. The van der Waals surface area contributed by atoms with Crippen LogP contribution in [-0.2, 0) is 4.79 Å². The highest BCUT2D eigenvalue weighted by Crippen LogP contribution is 2.26. The van der Waals surface area contributed by atoms with Crippen LogP contribution in [0.3, 0.4) is 0 Å². The second-order valence-electron chi connectivity index (χ2n) is 6.49. The maximum Gasteiger partial charge on any atom is 0.216 e. The van der Waals surface area contributed by atoms with E-state index in [1.165, 1.54) is 38.8 Å². The number of nitrogens with zero attached hydrogens (tertiary/aromatic N) is 1. The molecule has 0 aromatic rings. The zero-order valence-corrected chi connectivity index (χ0v) is 12.5. The van der Waals surface area contributed by atoms with Crippen molar-refractivity contribution < 1.29 is 4.79 Å². The molecule has 1 amide bonds. The fourth-order valence-corrected chi connectivity index (χ4v) is 3.21. The topological polar surface area (TPSA) is 44.4 Å². The van der Waals surface area contributed by atoms with Crippen LogP contribution in [0.2, 0.25) is 0 Å². The van der Waals surface area contributed by atoms with Crippen molar-refractivity contribution in [1.82, 2.24) is 15.5 Å². The predicted molar refractivity (Wildman–Crippen MR) is 78.0 cm³/mol. The van der Waals surface area contributed by atoms with Crippen LogP contribution in [0.4, 0.5) is 0 Å². The van der Waals surface area contributed by atoms with E-state index in [9.17, 15) is 4.79 Å². The van der Waals surface area contributed by atoms with Crippen molar-refractivity contribution in [1.29, 1.82) is 0 Å². The third kappa shape index (κ3) is 5.11. The maximum atomic E-state index is 10.9. The SMILES string of the molecule is CC(=O)NCCN1CC(C)CC(NCC2CCC2)C1. The molecule has 0 spiro atoms. The number of amides is 1. The lowest BCUT2D eigenvalue weighted by molar-refractivity contribution is -0.119. The van der Waals surface area contributed by atoms with Crippen LogP contribution in [0.25, 0.3) is 0 Å². The first-order valence-electron chi connectivity index (χ1n) is 7.83. The molecule has 1 saturated carbocycles. The van der Waals surface area contributed by atoms with Crippen molar-refractivity contribution in [2.75, 3.05) is 32.7 Å². The lowest BCUT2D eigenvalue weighted by Gasteiger charge is -2.38. The summed E-state index contributed by atoms with van der Waals surface area (Å²) in [6.45, 7) is 9.18. The molecule has 2 unspecified atom stereocenters. The molecule has 2 fully saturated rings. The third-order valence-electron chi connectivity index (χ3n) is 4.46. The molecular formula is C15H29N3O. The molecule has 1 saturated heterocycles. The van der Waals surface area contributed by atoms with E-state index in [-0.39, 0.29) is 5.91 Å². The number of likely N-dealkylation sites (tertiary alicyclic amines) is 1. The van der Waals surface area contributed by atoms with Crippen LogP contribution < -0.4 is 10.6 Å². The Hall–Kier alpha value is -0.610. The molecule has 1 aliphatic carbocycles. The van der Waals surface area contributed by atoms with E-state index in [2.05, 4.69) is 22.5 Å². The van der Waals surface area contributed by atoms with E-state index in [1.807, 2.05) is 0 Å². The fourth-order valence-electron chi connectivity index (χ4n) is 3.21. The summed E-state index contributed by atoms with van der Waals surface area (Å²) in [5.41, 5.74) is 0. The number of piperidine rings is 1. The van der Waals surface area contributed by atoms with Gasteiger partial charge in [0.1, 0.15) is 0 Å². The number of carbonyl (C=O) groups is 1. The van der Waals surface area contributed by atoms with Crippen LogP contribution >= 0.6 is 0 Å². The van der Waals surface area contributed by atoms with Crippen molar-refractivity contribution in [3.05, 3.63) is 0 Å². The molecule has 19 heavy (non-hydrogen) atoms. The van der Waals surface area contributed by atoms with Gasteiger partial charge in [-0.25, -0.2) is 0 Å². The highest BCUT2D eigenvalue weighted by Gasteiger charge is 2.25. The van der Waals surface area contributed by atoms with Gasteiger partial charge in [-0.05, 0) is 37.6 Å². The summed E-state index contributed by atoms with van der Waals surface area (Å²) in [7, 11) is 0. The number of carbonyl (C=O) groups excluding carboxylic acids is 1. The van der Waals surface area contributed by atoms with Gasteiger partial charge < -0.3 is 10.6 Å². The number of rotatable bonds is 6.